The summed E-state index contributed by atoms with van der Waals surface area (Å²) >= 11 is 0. The second-order valence-corrected chi connectivity index (χ2v) is 8.09. The normalized spacial score (nSPS) is 20.9. The number of ether oxygens (including phenoxy) is 4. The number of β-lactam (4-membered cyclic amide) rings is 1. The van der Waals surface area contributed by atoms with Gasteiger partial charge in [0.05, 0.1) is 21.3 Å². The maximum atomic E-state index is 13.3. The maximum Gasteiger partial charge on any atom is 0.268 e. The largest absolute Gasteiger partial charge is 0.508 e. The first-order valence-corrected chi connectivity index (χ1v) is 10.7. The summed E-state index contributed by atoms with van der Waals surface area (Å²) in [5.74, 6) is 2.52. The summed E-state index contributed by atoms with van der Waals surface area (Å²) in [6, 6.07) is 18.0. The molecule has 7 heteroatoms. The Bertz CT molecular complexity index is 1190. The summed E-state index contributed by atoms with van der Waals surface area (Å²) in [5.41, 5.74) is 2.10. The molecule has 5 rings (SSSR count). The lowest BCUT2D eigenvalue weighted by atomic mass is 9.66. The molecule has 2 heterocycles. The molecule has 0 radical (unpaired) electrons. The van der Waals surface area contributed by atoms with Crippen molar-refractivity contribution in [3.63, 3.8) is 0 Å². The van der Waals surface area contributed by atoms with Crippen molar-refractivity contribution in [2.75, 3.05) is 27.9 Å². The molecule has 1 amide bonds. The molecule has 0 bridgehead atoms. The van der Waals surface area contributed by atoms with E-state index in [1.54, 1.807) is 45.6 Å². The molecule has 0 unspecified atom stereocenters. The van der Waals surface area contributed by atoms with E-state index in [0.717, 1.165) is 22.4 Å². The van der Waals surface area contributed by atoms with E-state index in [4.69, 9.17) is 18.9 Å². The molecule has 2 aliphatic rings. The van der Waals surface area contributed by atoms with Gasteiger partial charge < -0.3 is 29.0 Å². The van der Waals surface area contributed by atoms with Crippen LogP contribution in [0.4, 0.5) is 0 Å². The van der Waals surface area contributed by atoms with Gasteiger partial charge in [0.15, 0.2) is 11.5 Å². The van der Waals surface area contributed by atoms with Crippen molar-refractivity contribution in [2.24, 2.45) is 0 Å². The molecule has 2 atom stereocenters. The number of nitrogens with zero attached hydrogens (tertiary/aromatic N) is 1. The van der Waals surface area contributed by atoms with Gasteiger partial charge in [0.2, 0.25) is 6.10 Å². The minimum atomic E-state index is -0.839. The van der Waals surface area contributed by atoms with Crippen molar-refractivity contribution in [2.45, 2.75) is 18.1 Å². The Labute approximate surface area is 192 Å². The number of phenols is 1. The lowest BCUT2D eigenvalue weighted by molar-refractivity contribution is -0.178. The second kappa shape index (κ2) is 7.92. The number of carbonyl (C=O) groups excluding carboxylic acids is 1. The standard InChI is InChI=1S/C26H25NO6/c1-30-19-8-4-17(5-9-19)26-21-15-23(32-3)22(31-2)14-16(21)12-13-27(26)25(29)24(26)33-20-10-6-18(28)7-11-20/h4-11,14-15,24,28H,12-13H2,1-3H3/t24-,26+/m0/s1. The monoisotopic (exact) mass is 447 g/mol. The molecular weight excluding hydrogens is 422 g/mol. The quantitative estimate of drug-likeness (QED) is 0.583. The van der Waals surface area contributed by atoms with Crippen LogP contribution in [-0.2, 0) is 16.8 Å². The molecule has 1 N–H and O–H groups in total. The van der Waals surface area contributed by atoms with E-state index in [1.165, 1.54) is 0 Å². The zero-order valence-corrected chi connectivity index (χ0v) is 18.7. The number of hydrogen-bond acceptors (Lipinski definition) is 6. The molecule has 1 fully saturated rings. The van der Waals surface area contributed by atoms with Gasteiger partial charge in [-0.25, -0.2) is 0 Å². The summed E-state index contributed by atoms with van der Waals surface area (Å²) < 4.78 is 22.8. The van der Waals surface area contributed by atoms with Crippen LogP contribution in [0.2, 0.25) is 0 Å². The Morgan fingerprint density at radius 1 is 0.879 bits per heavy atom. The minimum absolute atomic E-state index is 0.0840. The van der Waals surface area contributed by atoms with Gasteiger partial charge >= 0.3 is 0 Å². The van der Waals surface area contributed by atoms with Crippen LogP contribution < -0.4 is 18.9 Å². The van der Waals surface area contributed by atoms with E-state index in [1.807, 2.05) is 41.3 Å². The molecule has 1 saturated heterocycles. The number of phenolic OH excluding ortho intramolecular Hbond substituents is 1. The Morgan fingerprint density at radius 2 is 1.52 bits per heavy atom. The number of carbonyl (C=O) groups is 1. The van der Waals surface area contributed by atoms with E-state index in [2.05, 4.69) is 0 Å². The molecule has 0 saturated carbocycles. The molecule has 3 aromatic rings. The zero-order chi connectivity index (χ0) is 23.2. The van der Waals surface area contributed by atoms with E-state index in [0.29, 0.717) is 30.2 Å². The number of benzene rings is 3. The third kappa shape index (κ3) is 3.07. The van der Waals surface area contributed by atoms with Crippen LogP contribution in [0, 0.1) is 0 Å². The Balaban J connectivity index is 1.70. The first-order valence-electron chi connectivity index (χ1n) is 10.7. The predicted molar refractivity (Wildman–Crippen MR) is 121 cm³/mol. The van der Waals surface area contributed by atoms with Gasteiger partial charge in [-0.2, -0.15) is 0 Å². The van der Waals surface area contributed by atoms with Gasteiger partial charge in [0, 0.05) is 6.54 Å². The highest BCUT2D eigenvalue weighted by atomic mass is 16.5. The van der Waals surface area contributed by atoms with Gasteiger partial charge in [-0.3, -0.25) is 4.79 Å². The van der Waals surface area contributed by atoms with Crippen molar-refractivity contribution in [3.05, 3.63) is 77.4 Å². The predicted octanol–water partition coefficient (Wildman–Crippen LogP) is 3.51. The Kier molecular flexibility index (Phi) is 5.04. The molecule has 0 spiro atoms. The fourth-order valence-corrected chi connectivity index (χ4v) is 4.96. The zero-order valence-electron chi connectivity index (χ0n) is 18.7. The molecule has 33 heavy (non-hydrogen) atoms. The van der Waals surface area contributed by atoms with Gasteiger partial charge in [-0.15, -0.1) is 0 Å². The first-order chi connectivity index (χ1) is 16.0. The molecule has 3 aromatic carbocycles. The van der Waals surface area contributed by atoms with Crippen molar-refractivity contribution in [3.8, 4) is 28.7 Å². The Hall–Kier alpha value is -3.87. The molecule has 170 valence electrons. The SMILES string of the molecule is COc1ccc([C@]23c4cc(OC)c(OC)cc4CCN2C(=O)[C@@H]3Oc2ccc(O)cc2)cc1. The van der Waals surface area contributed by atoms with Crippen LogP contribution >= 0.6 is 0 Å². The van der Waals surface area contributed by atoms with E-state index in [9.17, 15) is 9.90 Å². The first kappa shape index (κ1) is 21.0. The summed E-state index contributed by atoms with van der Waals surface area (Å²) in [7, 11) is 4.83. The fraction of sp³-hybridized carbons (Fsp3) is 0.269. The third-order valence-electron chi connectivity index (χ3n) is 6.54. The fourth-order valence-electron chi connectivity index (χ4n) is 4.96. The minimum Gasteiger partial charge on any atom is -0.508 e. The average Bonchev–Trinajstić information content (AvgIpc) is 2.86. The van der Waals surface area contributed by atoms with Crippen LogP contribution in [0.25, 0.3) is 0 Å². The summed E-state index contributed by atoms with van der Waals surface area (Å²) in [5, 5.41) is 9.65. The van der Waals surface area contributed by atoms with Crippen LogP contribution in [0.5, 0.6) is 28.7 Å². The average molecular weight is 447 g/mol. The van der Waals surface area contributed by atoms with Gasteiger partial charge in [-0.05, 0) is 71.6 Å². The van der Waals surface area contributed by atoms with E-state index < -0.39 is 11.6 Å². The van der Waals surface area contributed by atoms with Crippen molar-refractivity contribution >= 4 is 5.91 Å². The highest BCUT2D eigenvalue weighted by molar-refractivity contribution is 5.94. The highest BCUT2D eigenvalue weighted by Crippen LogP contribution is 2.54. The molecule has 0 aliphatic carbocycles. The summed E-state index contributed by atoms with van der Waals surface area (Å²) in [4.78, 5) is 15.2. The number of aromatic hydroxyl groups is 1. The van der Waals surface area contributed by atoms with Crippen molar-refractivity contribution in [1.29, 1.82) is 0 Å². The van der Waals surface area contributed by atoms with Crippen LogP contribution in [0.15, 0.2) is 60.7 Å². The van der Waals surface area contributed by atoms with Crippen molar-refractivity contribution < 1.29 is 28.8 Å². The number of methoxy groups -OCH3 is 3. The summed E-state index contributed by atoms with van der Waals surface area (Å²) in [6.07, 6.45) is -0.0850. The van der Waals surface area contributed by atoms with Gasteiger partial charge in [0.1, 0.15) is 22.8 Å². The van der Waals surface area contributed by atoms with Crippen LogP contribution in [0.1, 0.15) is 16.7 Å². The lowest BCUT2D eigenvalue weighted by Gasteiger charge is -2.59. The topological polar surface area (TPSA) is 77.5 Å². The third-order valence-corrected chi connectivity index (χ3v) is 6.54. The highest BCUT2D eigenvalue weighted by Gasteiger charge is 2.66. The summed E-state index contributed by atoms with van der Waals surface area (Å²) in [6.45, 7) is 0.558. The Morgan fingerprint density at radius 3 is 2.15 bits per heavy atom. The van der Waals surface area contributed by atoms with E-state index >= 15 is 0 Å². The molecule has 2 aliphatic heterocycles. The van der Waals surface area contributed by atoms with Crippen LogP contribution in [0.3, 0.4) is 0 Å². The second-order valence-electron chi connectivity index (χ2n) is 8.09. The van der Waals surface area contributed by atoms with Gasteiger partial charge in [0.25, 0.3) is 5.91 Å². The lowest BCUT2D eigenvalue weighted by Crippen LogP contribution is -2.76. The number of amides is 1. The number of rotatable bonds is 6. The van der Waals surface area contributed by atoms with E-state index in [-0.39, 0.29) is 11.7 Å². The molecule has 0 aromatic heterocycles. The van der Waals surface area contributed by atoms with Crippen LogP contribution in [-0.4, -0.2) is 49.9 Å². The number of hydrogen-bond donors (Lipinski definition) is 1. The maximum absolute atomic E-state index is 13.3. The smallest absolute Gasteiger partial charge is 0.268 e. The van der Waals surface area contributed by atoms with Crippen molar-refractivity contribution in [1.82, 2.24) is 4.90 Å². The molecular formula is C26H25NO6. The van der Waals surface area contributed by atoms with Gasteiger partial charge in [-0.1, -0.05) is 12.1 Å². The number of fused-ring (bicyclic) bond motifs is 3. The molecule has 7 nitrogen and oxygen atoms in total.